The Labute approximate surface area is 124 Å². The van der Waals surface area contributed by atoms with E-state index < -0.39 is 11.7 Å². The van der Waals surface area contributed by atoms with Crippen LogP contribution in [0.15, 0.2) is 12.3 Å². The number of pyridine rings is 1. The molecule has 1 saturated heterocycles. The lowest BCUT2D eigenvalue weighted by atomic mass is 10.2. The van der Waals surface area contributed by atoms with Crippen molar-refractivity contribution in [2.45, 2.75) is 25.2 Å². The van der Waals surface area contributed by atoms with Crippen molar-refractivity contribution in [2.75, 3.05) is 23.9 Å². The molecule has 1 aromatic heterocycles. The van der Waals surface area contributed by atoms with Crippen LogP contribution in [0, 0.1) is 0 Å². The number of rotatable bonds is 2. The molecule has 1 aromatic rings. The third kappa shape index (κ3) is 3.30. The molecule has 1 aliphatic heterocycles. The van der Waals surface area contributed by atoms with Crippen molar-refractivity contribution in [3.8, 4) is 0 Å². The van der Waals surface area contributed by atoms with Crippen LogP contribution in [0.1, 0.15) is 12.5 Å². The van der Waals surface area contributed by atoms with E-state index in [1.54, 1.807) is 0 Å². The Bertz CT molecular complexity index is 484. The summed E-state index contributed by atoms with van der Waals surface area (Å²) >= 11 is 11.7. The van der Waals surface area contributed by atoms with Crippen molar-refractivity contribution < 1.29 is 17.9 Å². The van der Waals surface area contributed by atoms with Crippen molar-refractivity contribution in [1.29, 1.82) is 0 Å². The van der Waals surface area contributed by atoms with Gasteiger partial charge in [0.25, 0.3) is 0 Å². The fourth-order valence-corrected chi connectivity index (χ4v) is 2.46. The van der Waals surface area contributed by atoms with Gasteiger partial charge in [0.1, 0.15) is 5.82 Å². The number of morpholine rings is 1. The number of ether oxygens (including phenoxy) is 1. The Morgan fingerprint density at radius 3 is 2.75 bits per heavy atom. The maximum absolute atomic E-state index is 12.6. The number of hydrogen-bond donors (Lipinski definition) is 0. The van der Waals surface area contributed by atoms with Crippen molar-refractivity contribution in [3.05, 3.63) is 22.8 Å². The zero-order valence-electron chi connectivity index (χ0n) is 10.6. The van der Waals surface area contributed by atoms with Crippen LogP contribution in [0.25, 0.3) is 0 Å². The van der Waals surface area contributed by atoms with Gasteiger partial charge in [-0.25, -0.2) is 4.98 Å². The second-order valence-corrected chi connectivity index (χ2v) is 5.35. The first-order valence-electron chi connectivity index (χ1n) is 6.00. The molecule has 112 valence electrons. The summed E-state index contributed by atoms with van der Waals surface area (Å²) < 4.78 is 43.2. The second-order valence-electron chi connectivity index (χ2n) is 4.64. The van der Waals surface area contributed by atoms with Crippen LogP contribution < -0.4 is 4.90 Å². The number of halogens is 5. The molecule has 0 amide bonds. The van der Waals surface area contributed by atoms with Crippen molar-refractivity contribution >= 4 is 29.0 Å². The molecule has 3 nitrogen and oxygen atoms in total. The summed E-state index contributed by atoms with van der Waals surface area (Å²) in [5, 5.41) is -0.0260. The molecular formula is C12H13Cl2F3N2O. The largest absolute Gasteiger partial charge is 0.417 e. The van der Waals surface area contributed by atoms with Gasteiger partial charge in [-0.05, 0) is 13.0 Å². The highest BCUT2D eigenvalue weighted by atomic mass is 35.5. The molecule has 0 aliphatic carbocycles. The van der Waals surface area contributed by atoms with Gasteiger partial charge >= 0.3 is 6.18 Å². The SMILES string of the molecule is CC1COC(CCl)CN1c1ncc(C(F)(F)F)cc1Cl. The molecule has 2 unspecified atom stereocenters. The maximum Gasteiger partial charge on any atom is 0.417 e. The van der Waals surface area contributed by atoms with Crippen molar-refractivity contribution in [1.82, 2.24) is 4.98 Å². The van der Waals surface area contributed by atoms with Gasteiger partial charge in [0.15, 0.2) is 0 Å². The zero-order chi connectivity index (χ0) is 14.9. The summed E-state index contributed by atoms with van der Waals surface area (Å²) in [5.41, 5.74) is -0.860. The van der Waals surface area contributed by atoms with Gasteiger partial charge < -0.3 is 9.64 Å². The van der Waals surface area contributed by atoms with Crippen LogP contribution in [0.4, 0.5) is 19.0 Å². The van der Waals surface area contributed by atoms with E-state index in [1.165, 1.54) is 0 Å². The highest BCUT2D eigenvalue weighted by Gasteiger charge is 2.33. The average Bonchev–Trinajstić information content (AvgIpc) is 2.38. The predicted molar refractivity (Wildman–Crippen MR) is 71.5 cm³/mol. The van der Waals surface area contributed by atoms with Crippen molar-refractivity contribution in [3.63, 3.8) is 0 Å². The average molecular weight is 329 g/mol. The van der Waals surface area contributed by atoms with E-state index in [4.69, 9.17) is 27.9 Å². The van der Waals surface area contributed by atoms with Crippen LogP contribution in [-0.4, -0.2) is 36.2 Å². The number of nitrogens with zero attached hydrogens (tertiary/aromatic N) is 2. The van der Waals surface area contributed by atoms with Gasteiger partial charge in [0.05, 0.1) is 35.2 Å². The fraction of sp³-hybridized carbons (Fsp3) is 0.583. The Morgan fingerprint density at radius 1 is 1.50 bits per heavy atom. The Kier molecular flexibility index (Phi) is 4.66. The third-order valence-corrected chi connectivity index (χ3v) is 3.72. The number of alkyl halides is 4. The van der Waals surface area contributed by atoms with Gasteiger partial charge in [0.2, 0.25) is 0 Å². The van der Waals surface area contributed by atoms with E-state index in [0.717, 1.165) is 12.3 Å². The summed E-state index contributed by atoms with van der Waals surface area (Å²) in [6.45, 7) is 2.76. The quantitative estimate of drug-likeness (QED) is 0.776. The summed E-state index contributed by atoms with van der Waals surface area (Å²) in [5.74, 6) is 0.632. The third-order valence-electron chi connectivity index (χ3n) is 3.10. The first-order valence-corrected chi connectivity index (χ1v) is 6.91. The standard InChI is InChI=1S/C12H13Cl2F3N2O/c1-7-6-20-9(3-13)5-19(7)11-10(14)2-8(4-18-11)12(15,16)17/h2,4,7,9H,3,5-6H2,1H3. The molecular weight excluding hydrogens is 316 g/mol. The molecule has 0 aromatic carbocycles. The lowest BCUT2D eigenvalue weighted by Crippen LogP contribution is -2.49. The van der Waals surface area contributed by atoms with E-state index in [2.05, 4.69) is 4.98 Å². The van der Waals surface area contributed by atoms with Crippen LogP contribution in [0.5, 0.6) is 0 Å². The molecule has 2 heterocycles. The Hall–Kier alpha value is -0.720. The summed E-state index contributed by atoms with van der Waals surface area (Å²) in [4.78, 5) is 5.68. The van der Waals surface area contributed by atoms with Gasteiger partial charge in [0, 0.05) is 12.7 Å². The number of anilines is 1. The lowest BCUT2D eigenvalue weighted by molar-refractivity contribution is -0.137. The minimum absolute atomic E-state index is 0.0260. The molecule has 20 heavy (non-hydrogen) atoms. The van der Waals surface area contributed by atoms with E-state index >= 15 is 0 Å². The smallest absolute Gasteiger partial charge is 0.373 e. The van der Waals surface area contributed by atoms with Crippen molar-refractivity contribution in [2.24, 2.45) is 0 Å². The monoisotopic (exact) mass is 328 g/mol. The molecule has 1 fully saturated rings. The molecule has 2 rings (SSSR count). The molecule has 1 aliphatic rings. The van der Waals surface area contributed by atoms with Gasteiger partial charge in [-0.3, -0.25) is 0 Å². The topological polar surface area (TPSA) is 25.4 Å². The Balaban J connectivity index is 2.28. The highest BCUT2D eigenvalue weighted by Crippen LogP contribution is 2.34. The fourth-order valence-electron chi connectivity index (χ4n) is 2.00. The summed E-state index contributed by atoms with van der Waals surface area (Å²) in [6, 6.07) is 0.859. The molecule has 0 bridgehead atoms. The minimum Gasteiger partial charge on any atom is -0.373 e. The van der Waals surface area contributed by atoms with E-state index in [0.29, 0.717) is 24.8 Å². The van der Waals surface area contributed by atoms with Crippen LogP contribution in [-0.2, 0) is 10.9 Å². The molecule has 2 atom stereocenters. The maximum atomic E-state index is 12.6. The summed E-state index contributed by atoms with van der Waals surface area (Å²) in [7, 11) is 0. The van der Waals surface area contributed by atoms with E-state index in [1.807, 2.05) is 11.8 Å². The highest BCUT2D eigenvalue weighted by molar-refractivity contribution is 6.33. The Morgan fingerprint density at radius 2 is 2.20 bits per heavy atom. The summed E-state index contributed by atoms with van der Waals surface area (Å²) in [6.07, 6.45) is -3.85. The molecule has 0 N–H and O–H groups in total. The van der Waals surface area contributed by atoms with Crippen LogP contribution in [0.2, 0.25) is 5.02 Å². The molecule has 0 radical (unpaired) electrons. The van der Waals surface area contributed by atoms with Gasteiger partial charge in [-0.2, -0.15) is 13.2 Å². The normalized spacial score (nSPS) is 24.0. The number of aromatic nitrogens is 1. The van der Waals surface area contributed by atoms with E-state index in [-0.39, 0.29) is 17.2 Å². The lowest BCUT2D eigenvalue weighted by Gasteiger charge is -2.38. The second kappa shape index (κ2) is 5.95. The van der Waals surface area contributed by atoms with Crippen LogP contribution >= 0.6 is 23.2 Å². The van der Waals surface area contributed by atoms with Gasteiger partial charge in [-0.1, -0.05) is 11.6 Å². The first kappa shape index (κ1) is 15.7. The molecule has 0 saturated carbocycles. The number of hydrogen-bond acceptors (Lipinski definition) is 3. The molecule has 8 heteroatoms. The minimum atomic E-state index is -4.45. The molecule has 0 spiro atoms. The van der Waals surface area contributed by atoms with Crippen LogP contribution in [0.3, 0.4) is 0 Å². The van der Waals surface area contributed by atoms with E-state index in [9.17, 15) is 13.2 Å². The van der Waals surface area contributed by atoms with Gasteiger partial charge in [-0.15, -0.1) is 11.6 Å². The predicted octanol–water partition coefficient (Wildman–Crippen LogP) is 3.59. The first-order chi connectivity index (χ1) is 9.32. The zero-order valence-corrected chi connectivity index (χ0v) is 12.1.